The van der Waals surface area contributed by atoms with Gasteiger partial charge < -0.3 is 14.4 Å². The van der Waals surface area contributed by atoms with Crippen LogP contribution >= 0.6 is 0 Å². The van der Waals surface area contributed by atoms with Crippen LogP contribution in [-0.2, 0) is 19.1 Å². The number of esters is 2. The van der Waals surface area contributed by atoms with E-state index in [9.17, 15) is 9.59 Å². The van der Waals surface area contributed by atoms with Gasteiger partial charge in [-0.15, -0.1) is 0 Å². The number of rotatable bonds is 36. The summed E-state index contributed by atoms with van der Waals surface area (Å²) in [6.45, 7) is 8.34. The normalized spacial score (nSPS) is 12.4. The summed E-state index contributed by atoms with van der Waals surface area (Å²) in [6, 6.07) is 0. The summed E-state index contributed by atoms with van der Waals surface area (Å²) in [5.41, 5.74) is 0. The number of allylic oxidation sites excluding steroid dienone is 1. The van der Waals surface area contributed by atoms with Crippen molar-refractivity contribution in [1.82, 2.24) is 4.90 Å². The molecule has 5 heteroatoms. The quantitative estimate of drug-likeness (QED) is 0.0379. The van der Waals surface area contributed by atoms with E-state index >= 15 is 0 Å². The molecule has 0 bridgehead atoms. The smallest absolute Gasteiger partial charge is 0.330 e. The molecule has 278 valence electrons. The third-order valence-electron chi connectivity index (χ3n) is 9.52. The van der Waals surface area contributed by atoms with Crippen LogP contribution in [0, 0.1) is 5.92 Å². The van der Waals surface area contributed by atoms with Crippen LogP contribution < -0.4 is 0 Å². The predicted octanol–water partition coefficient (Wildman–Crippen LogP) is 12.5. The maximum Gasteiger partial charge on any atom is 0.330 e. The van der Waals surface area contributed by atoms with Crippen molar-refractivity contribution in [1.29, 1.82) is 0 Å². The van der Waals surface area contributed by atoms with Gasteiger partial charge in [0.1, 0.15) is 6.10 Å². The first-order valence-corrected chi connectivity index (χ1v) is 20.6. The maximum absolute atomic E-state index is 12.6. The van der Waals surface area contributed by atoms with Crippen molar-refractivity contribution >= 4 is 11.9 Å². The molecule has 0 fully saturated rings. The molecule has 0 heterocycles. The van der Waals surface area contributed by atoms with Crippen LogP contribution in [0.2, 0.25) is 0 Å². The molecule has 5 nitrogen and oxygen atoms in total. The average Bonchev–Trinajstić information content (AvgIpc) is 3.05. The molecule has 0 rings (SSSR count). The summed E-state index contributed by atoms with van der Waals surface area (Å²) in [7, 11) is 4.14. The topological polar surface area (TPSA) is 55.8 Å². The van der Waals surface area contributed by atoms with Crippen molar-refractivity contribution in [3.05, 3.63) is 12.2 Å². The van der Waals surface area contributed by atoms with Gasteiger partial charge in [0.2, 0.25) is 0 Å². The molecule has 0 saturated heterocycles. The fraction of sp³-hybridized carbons (Fsp3) is 0.905. The molecule has 0 amide bonds. The number of unbranched alkanes of at least 4 members (excludes halogenated alkanes) is 18. The average molecular weight is 664 g/mol. The number of carbonyl (C=O) groups is 2. The molecule has 0 aromatic rings. The van der Waals surface area contributed by atoms with Gasteiger partial charge in [-0.2, -0.15) is 0 Å². The Bertz CT molecular complexity index is 693. The molecular weight excluding hydrogens is 582 g/mol. The lowest BCUT2D eigenvalue weighted by atomic mass is 9.92. The second-order valence-corrected chi connectivity index (χ2v) is 14.6. The molecule has 0 aromatic carbocycles. The molecule has 1 unspecified atom stereocenters. The highest BCUT2D eigenvalue weighted by molar-refractivity contribution is 5.82. The van der Waals surface area contributed by atoms with Gasteiger partial charge in [0.15, 0.2) is 0 Å². The monoisotopic (exact) mass is 664 g/mol. The zero-order valence-corrected chi connectivity index (χ0v) is 32.3. The van der Waals surface area contributed by atoms with Crippen molar-refractivity contribution in [2.45, 2.75) is 213 Å². The Kier molecular flexibility index (Phi) is 34.9. The molecule has 47 heavy (non-hydrogen) atoms. The summed E-state index contributed by atoms with van der Waals surface area (Å²) in [4.78, 5) is 27.0. The first-order chi connectivity index (χ1) is 22.9. The first-order valence-electron chi connectivity index (χ1n) is 20.6. The van der Waals surface area contributed by atoms with Crippen molar-refractivity contribution in [2.24, 2.45) is 5.92 Å². The van der Waals surface area contributed by atoms with E-state index in [1.165, 1.54) is 116 Å². The minimum Gasteiger partial charge on any atom is -0.466 e. The number of carbonyl (C=O) groups excluding carboxylic acids is 2. The lowest BCUT2D eigenvalue weighted by Crippen LogP contribution is -2.17. The molecule has 0 aromatic heterocycles. The Balaban J connectivity index is 4.53. The van der Waals surface area contributed by atoms with E-state index in [4.69, 9.17) is 9.47 Å². The second kappa shape index (κ2) is 35.9. The Hall–Kier alpha value is -1.36. The summed E-state index contributed by atoms with van der Waals surface area (Å²) in [5, 5.41) is 0. The molecular formula is C42H81NO4. The second-order valence-electron chi connectivity index (χ2n) is 14.6. The standard InChI is InChI=1S/C42H81NO4/c1-6-9-12-15-16-17-20-23-30-39(36-38-46-41(44)34-28-29-37-43(4)5)31-24-21-22-27-35-42(45)47-40(32-25-18-13-10-7-2)33-26-19-14-11-8-3/h27,35,39-40H,6-26,28-34,36-38H2,1-5H3. The third-order valence-corrected chi connectivity index (χ3v) is 9.52. The highest BCUT2D eigenvalue weighted by Gasteiger charge is 2.13. The molecule has 0 saturated carbocycles. The Labute approximate surface area is 293 Å². The van der Waals surface area contributed by atoms with Crippen molar-refractivity contribution in [3.8, 4) is 0 Å². The number of ether oxygens (including phenoxy) is 2. The van der Waals surface area contributed by atoms with E-state index in [1.54, 1.807) is 6.08 Å². The molecule has 0 aliphatic heterocycles. The van der Waals surface area contributed by atoms with E-state index in [-0.39, 0.29) is 18.0 Å². The van der Waals surface area contributed by atoms with E-state index in [0.29, 0.717) is 18.9 Å². The van der Waals surface area contributed by atoms with Crippen LogP contribution in [0.1, 0.15) is 207 Å². The molecule has 0 N–H and O–H groups in total. The summed E-state index contributed by atoms with van der Waals surface area (Å²) in [6.07, 6.45) is 38.0. The summed E-state index contributed by atoms with van der Waals surface area (Å²) in [5.74, 6) is 0.413. The lowest BCUT2D eigenvalue weighted by molar-refractivity contribution is -0.145. The minimum absolute atomic E-state index is 0.0400. The molecule has 0 aliphatic rings. The van der Waals surface area contributed by atoms with E-state index in [2.05, 4.69) is 39.8 Å². The Morgan fingerprint density at radius 2 is 1.06 bits per heavy atom. The Morgan fingerprint density at radius 1 is 0.574 bits per heavy atom. The van der Waals surface area contributed by atoms with Gasteiger partial charge >= 0.3 is 11.9 Å². The highest BCUT2D eigenvalue weighted by atomic mass is 16.5. The van der Waals surface area contributed by atoms with Gasteiger partial charge in [-0.25, -0.2) is 4.79 Å². The largest absolute Gasteiger partial charge is 0.466 e. The van der Waals surface area contributed by atoms with Crippen molar-refractivity contribution < 1.29 is 19.1 Å². The van der Waals surface area contributed by atoms with Crippen LogP contribution in [0.15, 0.2) is 12.2 Å². The van der Waals surface area contributed by atoms with Gasteiger partial charge in [0.05, 0.1) is 6.61 Å². The molecule has 1 atom stereocenters. The van der Waals surface area contributed by atoms with Crippen LogP contribution in [0.4, 0.5) is 0 Å². The maximum atomic E-state index is 12.6. The van der Waals surface area contributed by atoms with Crippen LogP contribution in [0.5, 0.6) is 0 Å². The lowest BCUT2D eigenvalue weighted by Gasteiger charge is -2.17. The fourth-order valence-electron chi connectivity index (χ4n) is 6.40. The van der Waals surface area contributed by atoms with Crippen LogP contribution in [-0.4, -0.2) is 50.2 Å². The zero-order valence-electron chi connectivity index (χ0n) is 32.3. The van der Waals surface area contributed by atoms with Gasteiger partial charge in [0, 0.05) is 12.5 Å². The van der Waals surface area contributed by atoms with Crippen molar-refractivity contribution in [3.63, 3.8) is 0 Å². The number of hydrogen-bond donors (Lipinski definition) is 0. The van der Waals surface area contributed by atoms with Gasteiger partial charge in [-0.05, 0) is 84.3 Å². The summed E-state index contributed by atoms with van der Waals surface area (Å²) >= 11 is 0. The van der Waals surface area contributed by atoms with E-state index in [0.717, 1.165) is 70.8 Å². The van der Waals surface area contributed by atoms with Crippen LogP contribution in [0.3, 0.4) is 0 Å². The molecule has 0 aliphatic carbocycles. The first kappa shape index (κ1) is 45.6. The predicted molar refractivity (Wildman–Crippen MR) is 203 cm³/mol. The van der Waals surface area contributed by atoms with E-state index < -0.39 is 0 Å². The Morgan fingerprint density at radius 3 is 1.60 bits per heavy atom. The van der Waals surface area contributed by atoms with Gasteiger partial charge in [0.25, 0.3) is 0 Å². The van der Waals surface area contributed by atoms with E-state index in [1.807, 2.05) is 6.08 Å². The molecule has 0 radical (unpaired) electrons. The highest BCUT2D eigenvalue weighted by Crippen LogP contribution is 2.22. The summed E-state index contributed by atoms with van der Waals surface area (Å²) < 4.78 is 11.6. The van der Waals surface area contributed by atoms with Crippen molar-refractivity contribution in [2.75, 3.05) is 27.2 Å². The number of hydrogen-bond acceptors (Lipinski definition) is 5. The van der Waals surface area contributed by atoms with Gasteiger partial charge in [-0.3, -0.25) is 4.79 Å². The van der Waals surface area contributed by atoms with Crippen LogP contribution in [0.25, 0.3) is 0 Å². The minimum atomic E-state index is -0.159. The SMILES string of the molecule is CCCCCCCCCCC(CCCCC=CC(=O)OC(CCCCCCC)CCCCCCC)CCOC(=O)CCCCN(C)C. The third kappa shape index (κ3) is 34.3. The number of nitrogens with zero attached hydrogens (tertiary/aromatic N) is 1. The molecule has 0 spiro atoms. The zero-order chi connectivity index (χ0) is 34.6. The fourth-order valence-corrected chi connectivity index (χ4v) is 6.40. The van der Waals surface area contributed by atoms with Gasteiger partial charge in [-0.1, -0.05) is 149 Å².